The van der Waals surface area contributed by atoms with Crippen molar-refractivity contribution in [2.75, 3.05) is 0 Å². The molecule has 0 aromatic heterocycles. The molecule has 0 aliphatic heterocycles. The molecule has 0 aromatic carbocycles. The van der Waals surface area contributed by atoms with Crippen LogP contribution < -0.4 is 0 Å². The van der Waals surface area contributed by atoms with Gasteiger partial charge < -0.3 is 4.79 Å². The number of aldehydes is 1. The smallest absolute Gasteiger partial charge is 0.120 e. The van der Waals surface area contributed by atoms with Crippen molar-refractivity contribution in [2.45, 2.75) is 33.6 Å². The minimum Gasteiger partial charge on any atom is -0.303 e. The Morgan fingerprint density at radius 1 is 1.67 bits per heavy atom. The van der Waals surface area contributed by atoms with Crippen molar-refractivity contribution in [2.24, 2.45) is 17.3 Å². The van der Waals surface area contributed by atoms with Crippen LogP contribution >= 0.6 is 0 Å². The zero-order valence-electron chi connectivity index (χ0n) is 8.26. The van der Waals surface area contributed by atoms with Gasteiger partial charge in [0.1, 0.15) is 6.29 Å². The number of carbonyl (C=O) groups excluding carboxylic acids is 1. The van der Waals surface area contributed by atoms with Gasteiger partial charge in [-0.15, -0.1) is 0 Å². The summed E-state index contributed by atoms with van der Waals surface area (Å²) in [5.74, 6) is 1.21. The Kier molecular flexibility index (Phi) is 2.41. The average Bonchev–Trinajstić information content (AvgIpc) is 1.96. The van der Waals surface area contributed by atoms with E-state index in [2.05, 4.69) is 27.4 Å². The van der Waals surface area contributed by atoms with E-state index in [0.29, 0.717) is 17.3 Å². The Balaban J connectivity index is 2.59. The van der Waals surface area contributed by atoms with Crippen LogP contribution in [0.5, 0.6) is 0 Å². The van der Waals surface area contributed by atoms with Crippen LogP contribution in [0, 0.1) is 17.3 Å². The second-order valence-electron chi connectivity index (χ2n) is 4.56. The van der Waals surface area contributed by atoms with Gasteiger partial charge in [0.05, 0.1) is 0 Å². The van der Waals surface area contributed by atoms with Crippen molar-refractivity contribution < 1.29 is 4.79 Å². The molecule has 1 aliphatic rings. The molecule has 2 unspecified atom stereocenters. The third-order valence-electron chi connectivity index (χ3n) is 3.45. The predicted molar refractivity (Wildman–Crippen MR) is 50.9 cm³/mol. The SMILES string of the molecule is C=C(C)C1CC(CC=O)C1(C)C. The molecular formula is C11H18O. The number of hydrogen-bond acceptors (Lipinski definition) is 1. The highest BCUT2D eigenvalue weighted by atomic mass is 16.1. The molecule has 68 valence electrons. The summed E-state index contributed by atoms with van der Waals surface area (Å²) in [5, 5.41) is 0. The zero-order valence-corrected chi connectivity index (χ0v) is 8.26. The van der Waals surface area contributed by atoms with Crippen LogP contribution in [-0.2, 0) is 4.79 Å². The van der Waals surface area contributed by atoms with Crippen molar-refractivity contribution in [3.05, 3.63) is 12.2 Å². The molecule has 2 atom stereocenters. The van der Waals surface area contributed by atoms with Crippen molar-refractivity contribution in [3.8, 4) is 0 Å². The maximum absolute atomic E-state index is 10.3. The molecule has 0 heterocycles. The summed E-state index contributed by atoms with van der Waals surface area (Å²) in [6, 6.07) is 0. The van der Waals surface area contributed by atoms with E-state index in [1.165, 1.54) is 5.57 Å². The first-order chi connectivity index (χ1) is 5.50. The van der Waals surface area contributed by atoms with Gasteiger partial charge in [0, 0.05) is 6.42 Å². The predicted octanol–water partition coefficient (Wildman–Crippen LogP) is 2.81. The van der Waals surface area contributed by atoms with E-state index >= 15 is 0 Å². The number of allylic oxidation sites excluding steroid dienone is 1. The largest absolute Gasteiger partial charge is 0.303 e. The molecule has 0 amide bonds. The zero-order chi connectivity index (χ0) is 9.35. The van der Waals surface area contributed by atoms with Gasteiger partial charge in [0.2, 0.25) is 0 Å². The van der Waals surface area contributed by atoms with E-state index < -0.39 is 0 Å². The van der Waals surface area contributed by atoms with E-state index in [1.807, 2.05) is 0 Å². The molecule has 0 spiro atoms. The van der Waals surface area contributed by atoms with E-state index in [1.54, 1.807) is 0 Å². The van der Waals surface area contributed by atoms with Gasteiger partial charge in [-0.05, 0) is 30.6 Å². The molecule has 1 saturated carbocycles. The second-order valence-corrected chi connectivity index (χ2v) is 4.56. The average molecular weight is 166 g/mol. The standard InChI is InChI=1S/C11H18O/c1-8(2)10-7-9(5-6-12)11(10,3)4/h6,9-10H,1,5,7H2,2-4H3. The highest BCUT2D eigenvalue weighted by Crippen LogP contribution is 2.55. The van der Waals surface area contributed by atoms with Crippen molar-refractivity contribution in [1.29, 1.82) is 0 Å². The maximum atomic E-state index is 10.3. The van der Waals surface area contributed by atoms with Gasteiger partial charge in [0.25, 0.3) is 0 Å². The molecule has 12 heavy (non-hydrogen) atoms. The van der Waals surface area contributed by atoms with E-state index in [9.17, 15) is 4.79 Å². The van der Waals surface area contributed by atoms with Gasteiger partial charge in [-0.1, -0.05) is 26.0 Å². The van der Waals surface area contributed by atoms with Crippen LogP contribution in [0.2, 0.25) is 0 Å². The molecule has 0 saturated heterocycles. The highest BCUT2D eigenvalue weighted by Gasteiger charge is 2.47. The molecule has 1 nitrogen and oxygen atoms in total. The molecule has 0 N–H and O–H groups in total. The summed E-state index contributed by atoms with van der Waals surface area (Å²) in [7, 11) is 0. The molecule has 1 heteroatoms. The Hall–Kier alpha value is -0.590. The fourth-order valence-corrected chi connectivity index (χ4v) is 2.37. The number of hydrogen-bond donors (Lipinski definition) is 0. The monoisotopic (exact) mass is 166 g/mol. The number of carbonyl (C=O) groups is 1. The van der Waals surface area contributed by atoms with Gasteiger partial charge in [0.15, 0.2) is 0 Å². The van der Waals surface area contributed by atoms with Crippen molar-refractivity contribution in [1.82, 2.24) is 0 Å². The Morgan fingerprint density at radius 2 is 2.25 bits per heavy atom. The normalized spacial score (nSPS) is 32.2. The molecule has 0 aromatic rings. The lowest BCUT2D eigenvalue weighted by Gasteiger charge is -2.52. The van der Waals surface area contributed by atoms with E-state index in [4.69, 9.17) is 0 Å². The lowest BCUT2D eigenvalue weighted by Crippen LogP contribution is -2.45. The molecule has 1 aliphatic carbocycles. The number of rotatable bonds is 3. The second kappa shape index (κ2) is 3.04. The summed E-state index contributed by atoms with van der Waals surface area (Å²) in [4.78, 5) is 10.3. The molecule has 1 fully saturated rings. The first-order valence-corrected chi connectivity index (χ1v) is 4.59. The Labute approximate surface area is 74.9 Å². The fraction of sp³-hybridized carbons (Fsp3) is 0.727. The van der Waals surface area contributed by atoms with Gasteiger partial charge in [-0.2, -0.15) is 0 Å². The summed E-state index contributed by atoms with van der Waals surface area (Å²) in [5.41, 5.74) is 1.56. The summed E-state index contributed by atoms with van der Waals surface area (Å²) in [6.07, 6.45) is 2.92. The summed E-state index contributed by atoms with van der Waals surface area (Å²) >= 11 is 0. The lowest BCUT2D eigenvalue weighted by atomic mass is 9.52. The minimum atomic E-state index is 0.298. The Morgan fingerprint density at radius 3 is 2.58 bits per heavy atom. The van der Waals surface area contributed by atoms with Crippen LogP contribution in [0.4, 0.5) is 0 Å². The topological polar surface area (TPSA) is 17.1 Å². The first kappa shape index (κ1) is 9.50. The van der Waals surface area contributed by atoms with Gasteiger partial charge in [-0.3, -0.25) is 0 Å². The minimum absolute atomic E-state index is 0.298. The van der Waals surface area contributed by atoms with Crippen molar-refractivity contribution >= 4 is 6.29 Å². The van der Waals surface area contributed by atoms with E-state index in [-0.39, 0.29) is 0 Å². The fourth-order valence-electron chi connectivity index (χ4n) is 2.37. The Bertz CT molecular complexity index is 203. The quantitative estimate of drug-likeness (QED) is 0.465. The van der Waals surface area contributed by atoms with Gasteiger partial charge in [-0.25, -0.2) is 0 Å². The third-order valence-corrected chi connectivity index (χ3v) is 3.45. The third kappa shape index (κ3) is 1.33. The summed E-state index contributed by atoms with van der Waals surface area (Å²) < 4.78 is 0. The van der Waals surface area contributed by atoms with E-state index in [0.717, 1.165) is 19.1 Å². The van der Waals surface area contributed by atoms with Crippen molar-refractivity contribution in [3.63, 3.8) is 0 Å². The molecular weight excluding hydrogens is 148 g/mol. The van der Waals surface area contributed by atoms with Crippen LogP contribution in [0.25, 0.3) is 0 Å². The lowest BCUT2D eigenvalue weighted by molar-refractivity contribution is -0.112. The van der Waals surface area contributed by atoms with Crippen LogP contribution in [-0.4, -0.2) is 6.29 Å². The molecule has 0 bridgehead atoms. The van der Waals surface area contributed by atoms with Gasteiger partial charge >= 0.3 is 0 Å². The maximum Gasteiger partial charge on any atom is 0.120 e. The first-order valence-electron chi connectivity index (χ1n) is 4.59. The van der Waals surface area contributed by atoms with Crippen LogP contribution in [0.3, 0.4) is 0 Å². The highest BCUT2D eigenvalue weighted by molar-refractivity contribution is 5.50. The molecule has 0 radical (unpaired) electrons. The van der Waals surface area contributed by atoms with Crippen LogP contribution in [0.1, 0.15) is 33.6 Å². The molecule has 1 rings (SSSR count). The summed E-state index contributed by atoms with van der Waals surface area (Å²) in [6.45, 7) is 10.5. The van der Waals surface area contributed by atoms with Crippen LogP contribution in [0.15, 0.2) is 12.2 Å².